The molecule has 1 aromatic heterocycles. The van der Waals surface area contributed by atoms with E-state index >= 15 is 0 Å². The van der Waals surface area contributed by atoms with E-state index in [9.17, 15) is 22.4 Å². The third kappa shape index (κ3) is 6.27. The van der Waals surface area contributed by atoms with Crippen LogP contribution in [0.2, 0.25) is 0 Å². The van der Waals surface area contributed by atoms with E-state index in [0.717, 1.165) is 43.2 Å². The Balaban J connectivity index is 1.68. The fourth-order valence-corrected chi connectivity index (χ4v) is 3.52. The number of halogens is 4. The van der Waals surface area contributed by atoms with Crippen molar-refractivity contribution in [2.45, 2.75) is 6.36 Å². The van der Waals surface area contributed by atoms with Gasteiger partial charge in [-0.2, -0.15) is 0 Å². The molecule has 1 saturated heterocycles. The second-order valence-corrected chi connectivity index (χ2v) is 7.62. The topological polar surface area (TPSA) is 88.6 Å². The van der Waals surface area contributed by atoms with Crippen molar-refractivity contribution in [3.8, 4) is 17.0 Å². The Hall–Kier alpha value is -4.19. The molecule has 2 N–H and O–H groups in total. The molecule has 0 spiro atoms. The molecule has 0 saturated carbocycles. The molecule has 0 aliphatic carbocycles. The Morgan fingerprint density at radius 1 is 1.17 bits per heavy atom. The van der Waals surface area contributed by atoms with Crippen molar-refractivity contribution in [2.24, 2.45) is 0 Å². The Labute approximate surface area is 203 Å². The van der Waals surface area contributed by atoms with Gasteiger partial charge in [0.15, 0.2) is 5.75 Å². The second kappa shape index (κ2) is 10.6. The molecule has 3 aromatic rings. The summed E-state index contributed by atoms with van der Waals surface area (Å²) in [5, 5.41) is 5.24. The van der Waals surface area contributed by atoms with Crippen LogP contribution in [0.25, 0.3) is 11.3 Å². The van der Waals surface area contributed by atoms with Crippen LogP contribution < -0.4 is 20.3 Å². The number of hydrogen-bond donors (Lipinski definition) is 2. The molecule has 1 aliphatic rings. The number of rotatable bonds is 7. The van der Waals surface area contributed by atoms with Crippen LogP contribution in [0, 0.1) is 5.82 Å². The predicted octanol–water partition coefficient (Wildman–Crippen LogP) is 4.89. The van der Waals surface area contributed by atoms with Crippen LogP contribution in [0.3, 0.4) is 0 Å². The summed E-state index contributed by atoms with van der Waals surface area (Å²) in [6.07, 6.45) is -3.21. The summed E-state index contributed by atoms with van der Waals surface area (Å²) < 4.78 is 62.8. The zero-order valence-electron chi connectivity index (χ0n) is 18.8. The van der Waals surface area contributed by atoms with Crippen LogP contribution in [0.4, 0.5) is 40.6 Å². The minimum Gasteiger partial charge on any atom is -0.402 e. The van der Waals surface area contributed by atoms with Gasteiger partial charge in [0.1, 0.15) is 11.5 Å². The summed E-state index contributed by atoms with van der Waals surface area (Å²) in [5.74, 6) is -2.19. The van der Waals surface area contributed by atoms with Crippen LogP contribution in [0.5, 0.6) is 5.75 Å². The number of benzene rings is 2. The molecule has 2 heterocycles. The van der Waals surface area contributed by atoms with Crippen molar-refractivity contribution in [1.29, 1.82) is 0 Å². The molecule has 0 unspecified atom stereocenters. The largest absolute Gasteiger partial charge is 0.573 e. The van der Waals surface area contributed by atoms with Crippen LogP contribution >= 0.6 is 0 Å². The Kier molecular flexibility index (Phi) is 7.34. The molecule has 0 atom stereocenters. The Bertz CT molecular complexity index is 1260. The van der Waals surface area contributed by atoms with E-state index < -0.39 is 23.8 Å². The molecule has 8 nitrogen and oxygen atoms in total. The first-order valence-electron chi connectivity index (χ1n) is 10.8. The van der Waals surface area contributed by atoms with Crippen LogP contribution in [0.1, 0.15) is 0 Å². The first-order valence-corrected chi connectivity index (χ1v) is 10.8. The lowest BCUT2D eigenvalue weighted by Crippen LogP contribution is -2.36. The fraction of sp³-hybridized carbons (Fsp3) is 0.208. The van der Waals surface area contributed by atoms with Gasteiger partial charge in [0.05, 0.1) is 25.1 Å². The van der Waals surface area contributed by atoms with Crippen LogP contribution in [-0.2, 0) is 9.53 Å². The fourth-order valence-electron chi connectivity index (χ4n) is 3.52. The highest BCUT2D eigenvalue weighted by Crippen LogP contribution is 2.35. The van der Waals surface area contributed by atoms with Crippen molar-refractivity contribution in [1.82, 2.24) is 9.97 Å². The molecule has 1 fully saturated rings. The van der Waals surface area contributed by atoms with Crippen molar-refractivity contribution in [2.75, 3.05) is 41.8 Å². The zero-order chi connectivity index (χ0) is 25.7. The van der Waals surface area contributed by atoms with Crippen molar-refractivity contribution in [3.63, 3.8) is 0 Å². The summed E-state index contributed by atoms with van der Waals surface area (Å²) >= 11 is 0. The van der Waals surface area contributed by atoms with Gasteiger partial charge in [-0.1, -0.05) is 12.6 Å². The number of ether oxygens (including phenoxy) is 2. The number of morpholine rings is 1. The minimum absolute atomic E-state index is 0.0142. The lowest BCUT2D eigenvalue weighted by molar-refractivity contribution is -0.274. The molecule has 0 bridgehead atoms. The first-order chi connectivity index (χ1) is 17.2. The number of anilines is 4. The lowest BCUT2D eigenvalue weighted by atomic mass is 10.1. The SMILES string of the molecule is C=CC(=O)Nc1cc(-c2nc(Nc3cccc(N4CCOCC4)c3)ncc2OC(F)(F)F)ccc1F. The average Bonchev–Trinajstić information content (AvgIpc) is 2.86. The van der Waals surface area contributed by atoms with E-state index in [1.165, 1.54) is 6.07 Å². The molecular formula is C24H21F4N5O3. The molecule has 0 radical (unpaired) electrons. The molecule has 1 amide bonds. The summed E-state index contributed by atoms with van der Waals surface area (Å²) in [4.78, 5) is 21.9. The highest BCUT2D eigenvalue weighted by Gasteiger charge is 2.33. The average molecular weight is 503 g/mol. The highest BCUT2D eigenvalue weighted by molar-refractivity contribution is 5.99. The summed E-state index contributed by atoms with van der Waals surface area (Å²) in [7, 11) is 0. The van der Waals surface area contributed by atoms with E-state index in [1.54, 1.807) is 6.07 Å². The Morgan fingerprint density at radius 3 is 2.67 bits per heavy atom. The first kappa shape index (κ1) is 24.9. The molecule has 2 aromatic carbocycles. The van der Waals surface area contributed by atoms with Crippen LogP contribution in [0.15, 0.2) is 61.3 Å². The number of hydrogen-bond acceptors (Lipinski definition) is 7. The van der Waals surface area contributed by atoms with Gasteiger partial charge >= 0.3 is 6.36 Å². The van der Waals surface area contributed by atoms with Gasteiger partial charge in [-0.3, -0.25) is 4.79 Å². The van der Waals surface area contributed by atoms with Gasteiger partial charge in [0, 0.05) is 30.0 Å². The van der Waals surface area contributed by atoms with Crippen molar-refractivity contribution >= 4 is 28.9 Å². The van der Waals surface area contributed by atoms with E-state index in [4.69, 9.17) is 4.74 Å². The molecule has 36 heavy (non-hydrogen) atoms. The number of amides is 1. The van der Waals surface area contributed by atoms with Crippen LogP contribution in [-0.4, -0.2) is 48.5 Å². The monoisotopic (exact) mass is 503 g/mol. The van der Waals surface area contributed by atoms with Gasteiger partial charge in [-0.25, -0.2) is 14.4 Å². The van der Waals surface area contributed by atoms with E-state index in [-0.39, 0.29) is 22.9 Å². The number of carbonyl (C=O) groups is 1. The smallest absolute Gasteiger partial charge is 0.402 e. The number of alkyl halides is 3. The summed E-state index contributed by atoms with van der Waals surface area (Å²) in [6, 6.07) is 10.7. The summed E-state index contributed by atoms with van der Waals surface area (Å²) in [5.41, 5.74) is 1.07. The third-order valence-corrected chi connectivity index (χ3v) is 5.14. The standard InChI is InChI=1S/C24H21F4N5O3/c1-2-21(34)31-19-12-15(6-7-18(19)25)22-20(36-24(26,27)28)14-29-23(32-22)30-16-4-3-5-17(13-16)33-8-10-35-11-9-33/h2-7,12-14H,1,8-11H2,(H,31,34)(H,29,30,32). The normalized spacial score (nSPS) is 13.7. The highest BCUT2D eigenvalue weighted by atomic mass is 19.4. The number of aromatic nitrogens is 2. The van der Waals surface area contributed by atoms with E-state index in [2.05, 4.69) is 36.8 Å². The van der Waals surface area contributed by atoms with Gasteiger partial charge in [0.2, 0.25) is 11.9 Å². The third-order valence-electron chi connectivity index (χ3n) is 5.14. The molecule has 188 valence electrons. The summed E-state index contributed by atoms with van der Waals surface area (Å²) in [6.45, 7) is 5.96. The second-order valence-electron chi connectivity index (χ2n) is 7.62. The maximum Gasteiger partial charge on any atom is 0.573 e. The maximum absolute atomic E-state index is 14.2. The van der Waals surface area contributed by atoms with E-state index in [0.29, 0.717) is 18.9 Å². The van der Waals surface area contributed by atoms with Gasteiger partial charge in [-0.15, -0.1) is 13.2 Å². The lowest BCUT2D eigenvalue weighted by Gasteiger charge is -2.29. The molecule has 1 aliphatic heterocycles. The number of nitrogens with one attached hydrogen (secondary N) is 2. The number of carbonyl (C=O) groups excluding carboxylic acids is 1. The van der Waals surface area contributed by atoms with Gasteiger partial charge in [-0.05, 0) is 42.5 Å². The van der Waals surface area contributed by atoms with Crippen molar-refractivity contribution in [3.05, 3.63) is 67.1 Å². The predicted molar refractivity (Wildman–Crippen MR) is 126 cm³/mol. The number of nitrogens with zero attached hydrogens (tertiary/aromatic N) is 3. The quantitative estimate of drug-likeness (QED) is 0.351. The minimum atomic E-state index is -5.01. The van der Waals surface area contributed by atoms with Gasteiger partial charge in [0.25, 0.3) is 0 Å². The zero-order valence-corrected chi connectivity index (χ0v) is 18.8. The van der Waals surface area contributed by atoms with Gasteiger partial charge < -0.3 is 25.0 Å². The molecule has 4 rings (SSSR count). The molecule has 12 heteroatoms. The van der Waals surface area contributed by atoms with E-state index in [1.807, 2.05) is 18.2 Å². The maximum atomic E-state index is 14.2. The molecular weight excluding hydrogens is 482 g/mol. The van der Waals surface area contributed by atoms with Crippen molar-refractivity contribution < 1.29 is 31.8 Å². The Morgan fingerprint density at radius 2 is 1.94 bits per heavy atom.